The fraction of sp³-hybridized carbons (Fsp3) is 0.400. The summed E-state index contributed by atoms with van der Waals surface area (Å²) in [5.74, 6) is 0.737. The number of rotatable bonds is 7. The van der Waals surface area contributed by atoms with Gasteiger partial charge in [-0.25, -0.2) is 0 Å². The maximum Gasteiger partial charge on any atom is 0.119 e. The molecule has 3 aromatic carbocycles. The van der Waals surface area contributed by atoms with Crippen molar-refractivity contribution in [3.05, 3.63) is 99.6 Å². The lowest BCUT2D eigenvalue weighted by Crippen LogP contribution is -2.55. The van der Waals surface area contributed by atoms with Gasteiger partial charge >= 0.3 is 0 Å². The van der Waals surface area contributed by atoms with E-state index in [4.69, 9.17) is 25.8 Å². The molecule has 38 heavy (non-hydrogen) atoms. The number of halogens is 1. The molecule has 8 heteroatoms. The van der Waals surface area contributed by atoms with Gasteiger partial charge in [0, 0.05) is 5.02 Å². The van der Waals surface area contributed by atoms with Gasteiger partial charge in [0.25, 0.3) is 0 Å². The lowest BCUT2D eigenvalue weighted by molar-refractivity contribution is -0.231. The van der Waals surface area contributed by atoms with Crippen LogP contribution in [0.2, 0.25) is 5.02 Å². The highest BCUT2D eigenvalue weighted by molar-refractivity contribution is 6.31. The van der Waals surface area contributed by atoms with Gasteiger partial charge in [0.05, 0.1) is 12.2 Å². The minimum atomic E-state index is -1.44. The SMILES string of the molecule is CC1(C)O[C@H](COc2ccc(Cc3cc([C@@H]4O[C@H](CO)[C@@H](O)[C@H](O)[C@H]4O)ccc3Cl)cc2)c2ccccc21. The highest BCUT2D eigenvalue weighted by Crippen LogP contribution is 2.43. The molecule has 2 aliphatic heterocycles. The number of benzene rings is 3. The Bertz CT molecular complexity index is 1260. The number of aliphatic hydroxyl groups is 4. The Morgan fingerprint density at radius 2 is 1.66 bits per heavy atom. The van der Waals surface area contributed by atoms with E-state index in [9.17, 15) is 20.4 Å². The van der Waals surface area contributed by atoms with Crippen LogP contribution in [0.25, 0.3) is 0 Å². The summed E-state index contributed by atoms with van der Waals surface area (Å²) in [4.78, 5) is 0. The molecule has 4 N–H and O–H groups in total. The van der Waals surface area contributed by atoms with Crippen molar-refractivity contribution in [1.29, 1.82) is 0 Å². The maximum absolute atomic E-state index is 10.5. The lowest BCUT2D eigenvalue weighted by Gasteiger charge is -2.40. The molecule has 0 saturated carbocycles. The largest absolute Gasteiger partial charge is 0.491 e. The van der Waals surface area contributed by atoms with E-state index in [1.54, 1.807) is 12.1 Å². The molecule has 0 unspecified atom stereocenters. The summed E-state index contributed by atoms with van der Waals surface area (Å²) in [6.45, 7) is 4.07. The normalized spacial score (nSPS) is 28.2. The molecule has 0 amide bonds. The van der Waals surface area contributed by atoms with Gasteiger partial charge in [0.1, 0.15) is 49.0 Å². The van der Waals surface area contributed by atoms with Crippen LogP contribution in [0.1, 0.15) is 53.9 Å². The molecular formula is C30H33ClO7. The van der Waals surface area contributed by atoms with Gasteiger partial charge in [-0.2, -0.15) is 0 Å². The lowest BCUT2D eigenvalue weighted by atomic mass is 9.90. The second kappa shape index (κ2) is 10.9. The first-order chi connectivity index (χ1) is 18.2. The summed E-state index contributed by atoms with van der Waals surface area (Å²) >= 11 is 6.48. The number of aliphatic hydroxyl groups excluding tert-OH is 4. The molecule has 0 bridgehead atoms. The Kier molecular flexibility index (Phi) is 7.80. The monoisotopic (exact) mass is 540 g/mol. The summed E-state index contributed by atoms with van der Waals surface area (Å²) < 4.78 is 18.0. The summed E-state index contributed by atoms with van der Waals surface area (Å²) in [6.07, 6.45) is -5.68. The van der Waals surface area contributed by atoms with Crippen molar-refractivity contribution in [3.63, 3.8) is 0 Å². The number of ether oxygens (including phenoxy) is 3. The minimum Gasteiger partial charge on any atom is -0.491 e. The second-order valence-electron chi connectivity index (χ2n) is 10.4. The first-order valence-corrected chi connectivity index (χ1v) is 13.1. The van der Waals surface area contributed by atoms with Crippen molar-refractivity contribution in [2.75, 3.05) is 13.2 Å². The molecule has 3 aromatic rings. The van der Waals surface area contributed by atoms with Crippen molar-refractivity contribution in [1.82, 2.24) is 0 Å². The third-order valence-electron chi connectivity index (χ3n) is 7.40. The van der Waals surface area contributed by atoms with E-state index in [2.05, 4.69) is 26.0 Å². The van der Waals surface area contributed by atoms with Crippen LogP contribution in [0.4, 0.5) is 0 Å². The van der Waals surface area contributed by atoms with E-state index in [1.807, 2.05) is 42.5 Å². The maximum atomic E-state index is 10.5. The average molecular weight is 541 g/mol. The van der Waals surface area contributed by atoms with Crippen molar-refractivity contribution in [3.8, 4) is 5.75 Å². The van der Waals surface area contributed by atoms with E-state index < -0.39 is 37.1 Å². The fourth-order valence-corrected chi connectivity index (χ4v) is 5.50. The Morgan fingerprint density at radius 3 is 2.39 bits per heavy atom. The molecular weight excluding hydrogens is 508 g/mol. The van der Waals surface area contributed by atoms with Crippen molar-refractivity contribution >= 4 is 11.6 Å². The zero-order valence-electron chi connectivity index (χ0n) is 21.3. The molecule has 0 aliphatic carbocycles. The Labute approximate surface area is 227 Å². The summed E-state index contributed by atoms with van der Waals surface area (Å²) in [5, 5.41) is 40.8. The van der Waals surface area contributed by atoms with Gasteiger partial charge in [-0.05, 0) is 66.3 Å². The molecule has 6 atom stereocenters. The van der Waals surface area contributed by atoms with Crippen molar-refractivity contribution in [2.45, 2.75) is 62.5 Å². The summed E-state index contributed by atoms with van der Waals surface area (Å²) in [7, 11) is 0. The van der Waals surface area contributed by atoms with Crippen LogP contribution in [-0.4, -0.2) is 58.1 Å². The smallest absolute Gasteiger partial charge is 0.119 e. The highest BCUT2D eigenvalue weighted by atomic mass is 35.5. The minimum absolute atomic E-state index is 0.134. The molecule has 1 saturated heterocycles. The summed E-state index contributed by atoms with van der Waals surface area (Å²) in [5.41, 5.74) is 4.41. The quantitative estimate of drug-likeness (QED) is 0.361. The van der Waals surface area contributed by atoms with E-state index in [-0.39, 0.29) is 11.7 Å². The van der Waals surface area contributed by atoms with E-state index in [0.29, 0.717) is 23.6 Å². The van der Waals surface area contributed by atoms with Crippen LogP contribution in [0.5, 0.6) is 5.75 Å². The van der Waals surface area contributed by atoms with Crippen LogP contribution < -0.4 is 4.74 Å². The Balaban J connectivity index is 1.25. The van der Waals surface area contributed by atoms with E-state index in [1.165, 1.54) is 5.56 Å². The molecule has 0 spiro atoms. The van der Waals surface area contributed by atoms with Crippen molar-refractivity contribution < 1.29 is 34.6 Å². The molecule has 2 aliphatic rings. The van der Waals surface area contributed by atoms with Crippen molar-refractivity contribution in [2.24, 2.45) is 0 Å². The van der Waals surface area contributed by atoms with Crippen LogP contribution >= 0.6 is 11.6 Å². The number of hydrogen-bond acceptors (Lipinski definition) is 7. The predicted molar refractivity (Wildman–Crippen MR) is 142 cm³/mol. The predicted octanol–water partition coefficient (Wildman–Crippen LogP) is 3.83. The van der Waals surface area contributed by atoms with Crippen LogP contribution in [-0.2, 0) is 21.5 Å². The Morgan fingerprint density at radius 1 is 0.921 bits per heavy atom. The Hall–Kier alpha value is -2.49. The van der Waals surface area contributed by atoms with Crippen LogP contribution in [0, 0.1) is 0 Å². The number of fused-ring (bicyclic) bond motifs is 1. The first-order valence-electron chi connectivity index (χ1n) is 12.8. The molecule has 7 nitrogen and oxygen atoms in total. The van der Waals surface area contributed by atoms with Gasteiger partial charge in [-0.15, -0.1) is 0 Å². The summed E-state index contributed by atoms with van der Waals surface area (Å²) in [6, 6.07) is 21.2. The topological polar surface area (TPSA) is 109 Å². The molecule has 2 heterocycles. The second-order valence-corrected chi connectivity index (χ2v) is 10.8. The van der Waals surface area contributed by atoms with Gasteiger partial charge in [0.2, 0.25) is 0 Å². The third kappa shape index (κ3) is 5.33. The van der Waals surface area contributed by atoms with Gasteiger partial charge in [-0.3, -0.25) is 0 Å². The molecule has 0 aromatic heterocycles. The molecule has 5 rings (SSSR count). The standard InChI is InChI=1S/C30H33ClO7/c1-30(2)22-6-4-3-5-21(22)25(38-30)16-36-20-10-7-17(8-11-20)13-19-14-18(9-12-23(19)31)29-28(35)27(34)26(33)24(15-32)37-29/h3-12,14,24-29,32-35H,13,15-16H2,1-2H3/t24-,25-,26-,27+,28-,29+/m1/s1. The van der Waals surface area contributed by atoms with Crippen LogP contribution in [0.15, 0.2) is 66.7 Å². The zero-order valence-corrected chi connectivity index (χ0v) is 22.1. The van der Waals surface area contributed by atoms with Gasteiger partial charge in [-0.1, -0.05) is 60.1 Å². The highest BCUT2D eigenvalue weighted by Gasteiger charge is 2.44. The molecule has 0 radical (unpaired) electrons. The zero-order chi connectivity index (χ0) is 27.0. The molecule has 1 fully saturated rings. The first kappa shape index (κ1) is 27.1. The van der Waals surface area contributed by atoms with Gasteiger partial charge < -0.3 is 34.6 Å². The molecule has 202 valence electrons. The number of hydrogen-bond donors (Lipinski definition) is 4. The third-order valence-corrected chi connectivity index (χ3v) is 7.77. The fourth-order valence-electron chi connectivity index (χ4n) is 5.31. The van der Waals surface area contributed by atoms with E-state index in [0.717, 1.165) is 22.4 Å². The van der Waals surface area contributed by atoms with Crippen LogP contribution in [0.3, 0.4) is 0 Å². The average Bonchev–Trinajstić information content (AvgIpc) is 3.18. The van der Waals surface area contributed by atoms with Gasteiger partial charge in [0.15, 0.2) is 0 Å². The van der Waals surface area contributed by atoms with E-state index >= 15 is 0 Å².